The van der Waals surface area contributed by atoms with Crippen molar-refractivity contribution in [3.63, 3.8) is 0 Å². The van der Waals surface area contributed by atoms with E-state index in [0.717, 1.165) is 31.2 Å². The molecule has 0 radical (unpaired) electrons. The largest absolute Gasteiger partial charge is 0.493 e. The van der Waals surface area contributed by atoms with E-state index in [4.69, 9.17) is 14.2 Å². The van der Waals surface area contributed by atoms with Crippen molar-refractivity contribution in [1.29, 1.82) is 0 Å². The van der Waals surface area contributed by atoms with Gasteiger partial charge in [0.15, 0.2) is 11.5 Å². The maximum absolute atomic E-state index is 12.0. The van der Waals surface area contributed by atoms with Crippen molar-refractivity contribution >= 4 is 11.9 Å². The normalized spacial score (nSPS) is 14.1. The van der Waals surface area contributed by atoms with Crippen LogP contribution in [0.3, 0.4) is 0 Å². The van der Waals surface area contributed by atoms with Gasteiger partial charge in [-0.3, -0.25) is 4.79 Å². The number of carbonyl (C=O) groups excluding carboxylic acids is 2. The van der Waals surface area contributed by atoms with Gasteiger partial charge in [-0.2, -0.15) is 0 Å². The third-order valence-electron chi connectivity index (χ3n) is 4.79. The molecule has 1 aromatic carbocycles. The van der Waals surface area contributed by atoms with Crippen LogP contribution in [0.25, 0.3) is 0 Å². The highest BCUT2D eigenvalue weighted by atomic mass is 16.5. The van der Waals surface area contributed by atoms with Crippen molar-refractivity contribution in [2.45, 2.75) is 51.1 Å². The van der Waals surface area contributed by atoms with E-state index in [0.29, 0.717) is 30.3 Å². The van der Waals surface area contributed by atoms with Gasteiger partial charge < -0.3 is 30.2 Å². The molecule has 0 aromatic heterocycles. The fraction of sp³-hybridized carbons (Fsp3) is 0.600. The molecule has 1 fully saturated rings. The topological polar surface area (TPSA) is 97.9 Å². The predicted octanol–water partition coefficient (Wildman–Crippen LogP) is 2.35. The number of carbonyl (C=O) groups is 2. The zero-order chi connectivity index (χ0) is 20.4. The smallest absolute Gasteiger partial charge is 0.315 e. The summed E-state index contributed by atoms with van der Waals surface area (Å²) in [5.41, 5.74) is 0.825. The second kappa shape index (κ2) is 11.3. The van der Waals surface area contributed by atoms with Crippen LogP contribution in [0.15, 0.2) is 12.1 Å². The lowest BCUT2D eigenvalue weighted by Gasteiger charge is -2.22. The van der Waals surface area contributed by atoms with Crippen molar-refractivity contribution in [2.24, 2.45) is 0 Å². The number of urea groups is 1. The van der Waals surface area contributed by atoms with Crippen molar-refractivity contribution in [3.8, 4) is 17.2 Å². The van der Waals surface area contributed by atoms with Crippen LogP contribution in [0.5, 0.6) is 17.2 Å². The number of hydrogen-bond donors (Lipinski definition) is 3. The van der Waals surface area contributed by atoms with Gasteiger partial charge in [-0.25, -0.2) is 4.79 Å². The maximum atomic E-state index is 12.0. The minimum Gasteiger partial charge on any atom is -0.493 e. The monoisotopic (exact) mass is 393 g/mol. The van der Waals surface area contributed by atoms with E-state index in [2.05, 4.69) is 16.0 Å². The molecule has 0 saturated heterocycles. The molecule has 3 amide bonds. The second-order valence-electron chi connectivity index (χ2n) is 6.80. The van der Waals surface area contributed by atoms with Gasteiger partial charge in [-0.15, -0.1) is 0 Å². The Morgan fingerprint density at radius 2 is 1.61 bits per heavy atom. The highest BCUT2D eigenvalue weighted by molar-refractivity contribution is 5.78. The molecule has 1 aliphatic rings. The highest BCUT2D eigenvalue weighted by Crippen LogP contribution is 2.38. The van der Waals surface area contributed by atoms with Gasteiger partial charge in [0, 0.05) is 25.6 Å². The molecular formula is C20H31N3O5. The minimum absolute atomic E-state index is 0.147. The van der Waals surface area contributed by atoms with E-state index in [-0.39, 0.29) is 24.4 Å². The van der Waals surface area contributed by atoms with Gasteiger partial charge in [0.2, 0.25) is 11.7 Å². The molecule has 3 N–H and O–H groups in total. The molecule has 1 saturated carbocycles. The Bertz CT molecular complexity index is 634. The number of benzene rings is 1. The predicted molar refractivity (Wildman–Crippen MR) is 106 cm³/mol. The molecule has 0 spiro atoms. The average Bonchev–Trinajstić information content (AvgIpc) is 2.72. The maximum Gasteiger partial charge on any atom is 0.315 e. The zero-order valence-corrected chi connectivity index (χ0v) is 16.9. The second-order valence-corrected chi connectivity index (χ2v) is 6.80. The number of rotatable bonds is 9. The zero-order valence-electron chi connectivity index (χ0n) is 16.9. The van der Waals surface area contributed by atoms with Crippen molar-refractivity contribution in [1.82, 2.24) is 16.0 Å². The Kier molecular flexibility index (Phi) is 8.71. The fourth-order valence-electron chi connectivity index (χ4n) is 3.30. The molecule has 8 nitrogen and oxygen atoms in total. The Hall–Kier alpha value is -2.64. The molecule has 2 rings (SSSR count). The summed E-state index contributed by atoms with van der Waals surface area (Å²) in [6.07, 6.45) is 5.84. The summed E-state index contributed by atoms with van der Waals surface area (Å²) in [5.74, 6) is 1.43. The lowest BCUT2D eigenvalue weighted by Crippen LogP contribution is -2.43. The van der Waals surface area contributed by atoms with Gasteiger partial charge in [-0.1, -0.05) is 19.3 Å². The van der Waals surface area contributed by atoms with Crippen LogP contribution in [0.1, 0.15) is 44.1 Å². The first-order chi connectivity index (χ1) is 13.6. The molecule has 0 bridgehead atoms. The molecule has 0 heterocycles. The summed E-state index contributed by atoms with van der Waals surface area (Å²) in [5, 5.41) is 8.54. The molecule has 156 valence electrons. The average molecular weight is 393 g/mol. The first-order valence-corrected chi connectivity index (χ1v) is 9.67. The molecule has 28 heavy (non-hydrogen) atoms. The Morgan fingerprint density at radius 1 is 0.964 bits per heavy atom. The number of amides is 3. The van der Waals surface area contributed by atoms with Crippen LogP contribution in [0, 0.1) is 0 Å². The van der Waals surface area contributed by atoms with Crippen LogP contribution < -0.4 is 30.2 Å². The van der Waals surface area contributed by atoms with Gasteiger partial charge in [0.05, 0.1) is 21.3 Å². The summed E-state index contributed by atoms with van der Waals surface area (Å²) < 4.78 is 15.9. The third kappa shape index (κ3) is 6.51. The Labute approximate surface area is 166 Å². The van der Waals surface area contributed by atoms with E-state index >= 15 is 0 Å². The van der Waals surface area contributed by atoms with Crippen LogP contribution in [0.2, 0.25) is 0 Å². The summed E-state index contributed by atoms with van der Waals surface area (Å²) in [4.78, 5) is 23.9. The highest BCUT2D eigenvalue weighted by Gasteiger charge is 2.16. The summed E-state index contributed by atoms with van der Waals surface area (Å²) in [7, 11) is 4.63. The van der Waals surface area contributed by atoms with E-state index in [1.54, 1.807) is 33.5 Å². The van der Waals surface area contributed by atoms with Crippen molar-refractivity contribution in [3.05, 3.63) is 17.7 Å². The summed E-state index contributed by atoms with van der Waals surface area (Å²) in [6, 6.07) is 3.63. The molecular weight excluding hydrogens is 362 g/mol. The lowest BCUT2D eigenvalue weighted by molar-refractivity contribution is -0.121. The fourth-order valence-corrected chi connectivity index (χ4v) is 3.30. The Morgan fingerprint density at radius 3 is 2.18 bits per heavy atom. The molecule has 0 unspecified atom stereocenters. The van der Waals surface area contributed by atoms with Crippen LogP contribution in [0.4, 0.5) is 4.79 Å². The van der Waals surface area contributed by atoms with E-state index in [1.165, 1.54) is 6.42 Å². The molecule has 1 aliphatic carbocycles. The number of ether oxygens (including phenoxy) is 3. The van der Waals surface area contributed by atoms with Gasteiger partial charge in [-0.05, 0) is 30.5 Å². The van der Waals surface area contributed by atoms with Crippen LogP contribution in [-0.2, 0) is 11.3 Å². The van der Waals surface area contributed by atoms with Gasteiger partial charge in [0.1, 0.15) is 0 Å². The minimum atomic E-state index is -0.204. The number of nitrogens with one attached hydrogen (secondary N) is 3. The quantitative estimate of drug-likeness (QED) is 0.598. The van der Waals surface area contributed by atoms with Crippen molar-refractivity contribution < 1.29 is 23.8 Å². The summed E-state index contributed by atoms with van der Waals surface area (Å²) in [6.45, 7) is 0.615. The number of methoxy groups -OCH3 is 3. The standard InChI is InChI=1S/C20H31N3O5/c1-26-16-11-14(12-17(27-2)19(16)28-3)13-22-18(24)9-10-21-20(25)23-15-7-5-4-6-8-15/h11-12,15H,4-10,13H2,1-3H3,(H,22,24)(H2,21,23,25). The Balaban J connectivity index is 1.74. The van der Waals surface area contributed by atoms with Gasteiger partial charge >= 0.3 is 6.03 Å². The molecule has 1 aromatic rings. The SMILES string of the molecule is COc1cc(CNC(=O)CCNC(=O)NC2CCCCC2)cc(OC)c1OC. The first kappa shape index (κ1) is 21.7. The lowest BCUT2D eigenvalue weighted by atomic mass is 9.96. The van der Waals surface area contributed by atoms with Crippen molar-refractivity contribution in [2.75, 3.05) is 27.9 Å². The van der Waals surface area contributed by atoms with Crippen LogP contribution in [-0.4, -0.2) is 45.9 Å². The third-order valence-corrected chi connectivity index (χ3v) is 4.79. The van der Waals surface area contributed by atoms with E-state index < -0.39 is 0 Å². The number of hydrogen-bond acceptors (Lipinski definition) is 5. The van der Waals surface area contributed by atoms with Gasteiger partial charge in [0.25, 0.3) is 0 Å². The van der Waals surface area contributed by atoms with E-state index in [1.807, 2.05) is 0 Å². The van der Waals surface area contributed by atoms with Crippen LogP contribution >= 0.6 is 0 Å². The summed E-state index contributed by atoms with van der Waals surface area (Å²) >= 11 is 0. The molecule has 0 atom stereocenters. The molecule has 0 aliphatic heterocycles. The van der Waals surface area contributed by atoms with E-state index in [9.17, 15) is 9.59 Å². The molecule has 8 heteroatoms. The first-order valence-electron chi connectivity index (χ1n) is 9.67.